The van der Waals surface area contributed by atoms with Crippen LogP contribution in [0.3, 0.4) is 0 Å². The zero-order valence-corrected chi connectivity index (χ0v) is 16.8. The van der Waals surface area contributed by atoms with Crippen molar-refractivity contribution in [2.75, 3.05) is 17.7 Å². The molecular weight excluding hydrogens is 404 g/mol. The minimum Gasteiger partial charge on any atom is -0.495 e. The van der Waals surface area contributed by atoms with Gasteiger partial charge in [-0.05, 0) is 54.4 Å². The van der Waals surface area contributed by atoms with E-state index in [9.17, 15) is 4.79 Å². The van der Waals surface area contributed by atoms with Crippen LogP contribution in [0, 0.1) is 6.92 Å². The number of aryl methyl sites for hydroxylation is 1. The molecule has 1 amide bonds. The minimum absolute atomic E-state index is 0.159. The van der Waals surface area contributed by atoms with Gasteiger partial charge in [0.05, 0.1) is 12.8 Å². The Morgan fingerprint density at radius 2 is 1.70 bits per heavy atom. The van der Waals surface area contributed by atoms with Crippen LogP contribution in [0.4, 0.5) is 11.4 Å². The second kappa shape index (κ2) is 8.73. The second-order valence-electron chi connectivity index (χ2n) is 6.19. The first-order valence-electron chi connectivity index (χ1n) is 8.59. The van der Waals surface area contributed by atoms with Crippen molar-refractivity contribution in [1.82, 2.24) is 0 Å². The van der Waals surface area contributed by atoms with Crippen LogP contribution >= 0.6 is 15.9 Å². The van der Waals surface area contributed by atoms with Crippen LogP contribution in [-0.2, 0) is 4.79 Å². The number of benzene rings is 3. The van der Waals surface area contributed by atoms with Gasteiger partial charge >= 0.3 is 0 Å². The zero-order chi connectivity index (χ0) is 19.2. The third-order valence-electron chi connectivity index (χ3n) is 4.16. The highest BCUT2D eigenvalue weighted by molar-refractivity contribution is 9.10. The van der Waals surface area contributed by atoms with Gasteiger partial charge in [0.25, 0.3) is 5.91 Å². The van der Waals surface area contributed by atoms with Gasteiger partial charge in [-0.25, -0.2) is 0 Å². The molecule has 0 aliphatic carbocycles. The highest BCUT2D eigenvalue weighted by Gasteiger charge is 2.21. The lowest BCUT2D eigenvalue weighted by molar-refractivity contribution is -0.117. The number of nitrogens with one attached hydrogen (secondary N) is 2. The molecule has 4 nitrogen and oxygen atoms in total. The number of carbonyl (C=O) groups is 1. The number of rotatable bonds is 6. The fraction of sp³-hybridized carbons (Fsp3) is 0.136. The Balaban J connectivity index is 1.89. The van der Waals surface area contributed by atoms with Crippen LogP contribution in [0.1, 0.15) is 17.2 Å². The summed E-state index contributed by atoms with van der Waals surface area (Å²) in [5.74, 6) is 0.470. The average Bonchev–Trinajstić information content (AvgIpc) is 2.68. The predicted molar refractivity (Wildman–Crippen MR) is 113 cm³/mol. The van der Waals surface area contributed by atoms with Gasteiger partial charge in [0.15, 0.2) is 0 Å². The molecule has 0 saturated heterocycles. The van der Waals surface area contributed by atoms with E-state index in [0.717, 1.165) is 21.3 Å². The van der Waals surface area contributed by atoms with Crippen molar-refractivity contribution < 1.29 is 9.53 Å². The van der Waals surface area contributed by atoms with Crippen molar-refractivity contribution in [2.45, 2.75) is 13.0 Å². The Morgan fingerprint density at radius 3 is 2.37 bits per heavy atom. The van der Waals surface area contributed by atoms with Gasteiger partial charge in [-0.2, -0.15) is 0 Å². The average molecular weight is 425 g/mol. The number of hydrogen-bond acceptors (Lipinski definition) is 3. The van der Waals surface area contributed by atoms with Gasteiger partial charge in [0.2, 0.25) is 0 Å². The first-order valence-corrected chi connectivity index (χ1v) is 9.38. The standard InChI is InChI=1S/C22H21BrN2O2/c1-15-8-13-20(27-2)19(14-15)25-22(26)21(16-6-4-3-5-7-16)24-18-11-9-17(23)10-12-18/h3-14,21,24H,1-2H3,(H,25,26). The molecule has 2 N–H and O–H groups in total. The maximum absolute atomic E-state index is 13.1. The van der Waals surface area contributed by atoms with Crippen molar-refractivity contribution in [3.63, 3.8) is 0 Å². The number of hydrogen-bond donors (Lipinski definition) is 2. The van der Waals surface area contributed by atoms with E-state index in [1.54, 1.807) is 7.11 Å². The van der Waals surface area contributed by atoms with Crippen LogP contribution in [0.25, 0.3) is 0 Å². The smallest absolute Gasteiger partial charge is 0.251 e. The lowest BCUT2D eigenvalue weighted by Gasteiger charge is -2.21. The SMILES string of the molecule is COc1ccc(C)cc1NC(=O)C(Nc1ccc(Br)cc1)c1ccccc1. The van der Waals surface area contributed by atoms with Gasteiger partial charge in [0.1, 0.15) is 11.8 Å². The normalized spacial score (nSPS) is 11.5. The van der Waals surface area contributed by atoms with Crippen LogP contribution < -0.4 is 15.4 Å². The molecule has 0 fully saturated rings. The molecule has 0 saturated carbocycles. The van der Waals surface area contributed by atoms with Gasteiger partial charge in [-0.1, -0.05) is 52.3 Å². The largest absolute Gasteiger partial charge is 0.495 e. The summed E-state index contributed by atoms with van der Waals surface area (Å²) in [4.78, 5) is 13.1. The Hall–Kier alpha value is -2.79. The summed E-state index contributed by atoms with van der Waals surface area (Å²) in [6.07, 6.45) is 0. The monoisotopic (exact) mass is 424 g/mol. The lowest BCUT2D eigenvalue weighted by atomic mass is 10.1. The minimum atomic E-state index is -0.544. The van der Waals surface area contributed by atoms with E-state index in [0.29, 0.717) is 11.4 Å². The number of amides is 1. The van der Waals surface area contributed by atoms with Crippen molar-refractivity contribution in [1.29, 1.82) is 0 Å². The van der Waals surface area contributed by atoms with E-state index in [2.05, 4.69) is 26.6 Å². The van der Waals surface area contributed by atoms with E-state index in [4.69, 9.17) is 4.74 Å². The number of carbonyl (C=O) groups excluding carboxylic acids is 1. The summed E-state index contributed by atoms with van der Waals surface area (Å²) in [5.41, 5.74) is 3.44. The summed E-state index contributed by atoms with van der Waals surface area (Å²) in [6.45, 7) is 1.98. The molecule has 0 bridgehead atoms. The summed E-state index contributed by atoms with van der Waals surface area (Å²) < 4.78 is 6.36. The summed E-state index contributed by atoms with van der Waals surface area (Å²) in [5, 5.41) is 6.32. The van der Waals surface area contributed by atoms with Crippen LogP contribution in [0.15, 0.2) is 77.3 Å². The maximum Gasteiger partial charge on any atom is 0.251 e. The molecule has 0 heterocycles. The first kappa shape index (κ1) is 19.0. The molecule has 0 aromatic heterocycles. The molecule has 0 radical (unpaired) electrons. The molecule has 0 aliphatic heterocycles. The molecule has 138 valence electrons. The number of anilines is 2. The fourth-order valence-corrected chi connectivity index (χ4v) is 3.05. The zero-order valence-electron chi connectivity index (χ0n) is 15.2. The maximum atomic E-state index is 13.1. The van der Waals surface area contributed by atoms with Crippen molar-refractivity contribution >= 4 is 33.2 Å². The molecule has 5 heteroatoms. The first-order chi connectivity index (χ1) is 13.1. The van der Waals surface area contributed by atoms with Gasteiger partial charge in [0, 0.05) is 10.2 Å². The number of methoxy groups -OCH3 is 1. The molecule has 1 unspecified atom stereocenters. The van der Waals surface area contributed by atoms with E-state index in [1.807, 2.05) is 79.7 Å². The molecule has 3 aromatic carbocycles. The highest BCUT2D eigenvalue weighted by atomic mass is 79.9. The van der Waals surface area contributed by atoms with Gasteiger partial charge in [-0.15, -0.1) is 0 Å². The molecule has 3 rings (SSSR count). The third-order valence-corrected chi connectivity index (χ3v) is 4.69. The van der Waals surface area contributed by atoms with E-state index < -0.39 is 6.04 Å². The second-order valence-corrected chi connectivity index (χ2v) is 7.10. The molecule has 3 aromatic rings. The third kappa shape index (κ3) is 4.89. The van der Waals surface area contributed by atoms with Gasteiger partial charge < -0.3 is 15.4 Å². The van der Waals surface area contributed by atoms with E-state index in [1.165, 1.54) is 0 Å². The summed E-state index contributed by atoms with van der Waals surface area (Å²) in [6, 6.07) is 22.5. The van der Waals surface area contributed by atoms with Crippen LogP contribution in [0.2, 0.25) is 0 Å². The van der Waals surface area contributed by atoms with Crippen molar-refractivity contribution in [3.05, 3.63) is 88.4 Å². The van der Waals surface area contributed by atoms with E-state index >= 15 is 0 Å². The molecule has 0 aliphatic rings. The van der Waals surface area contributed by atoms with Crippen molar-refractivity contribution in [3.8, 4) is 5.75 Å². The molecular formula is C22H21BrN2O2. The quantitative estimate of drug-likeness (QED) is 0.544. The molecule has 1 atom stereocenters. The predicted octanol–water partition coefficient (Wildman–Crippen LogP) is 5.56. The van der Waals surface area contributed by atoms with Crippen LogP contribution in [0.5, 0.6) is 5.75 Å². The Kier molecular flexibility index (Phi) is 6.14. The van der Waals surface area contributed by atoms with Crippen molar-refractivity contribution in [2.24, 2.45) is 0 Å². The van der Waals surface area contributed by atoms with Gasteiger partial charge in [-0.3, -0.25) is 4.79 Å². The number of ether oxygens (including phenoxy) is 1. The lowest BCUT2D eigenvalue weighted by Crippen LogP contribution is -2.27. The summed E-state index contributed by atoms with van der Waals surface area (Å²) in [7, 11) is 1.59. The van der Waals surface area contributed by atoms with Crippen LogP contribution in [-0.4, -0.2) is 13.0 Å². The Morgan fingerprint density at radius 1 is 1.00 bits per heavy atom. The Labute approximate surface area is 167 Å². The fourth-order valence-electron chi connectivity index (χ4n) is 2.78. The topological polar surface area (TPSA) is 50.4 Å². The Bertz CT molecular complexity index is 911. The highest BCUT2D eigenvalue weighted by Crippen LogP contribution is 2.28. The van der Waals surface area contributed by atoms with E-state index in [-0.39, 0.29) is 5.91 Å². The molecule has 0 spiro atoms. The number of halogens is 1. The molecule has 27 heavy (non-hydrogen) atoms. The summed E-state index contributed by atoms with van der Waals surface area (Å²) >= 11 is 3.43.